The lowest BCUT2D eigenvalue weighted by Gasteiger charge is -2.29. The molecule has 0 saturated heterocycles. The fourth-order valence-corrected chi connectivity index (χ4v) is 7.75. The summed E-state index contributed by atoms with van der Waals surface area (Å²) in [5.74, 6) is 1.28. The Hall–Kier alpha value is -3.14. The van der Waals surface area contributed by atoms with E-state index in [0.29, 0.717) is 33.2 Å². The van der Waals surface area contributed by atoms with Gasteiger partial charge in [0.2, 0.25) is 0 Å². The van der Waals surface area contributed by atoms with Gasteiger partial charge >= 0.3 is 0 Å². The van der Waals surface area contributed by atoms with Gasteiger partial charge in [0.25, 0.3) is 0 Å². The van der Waals surface area contributed by atoms with Crippen molar-refractivity contribution in [2.75, 3.05) is 0 Å². The van der Waals surface area contributed by atoms with Crippen LogP contribution in [0.2, 0.25) is 5.02 Å². The number of carbonyl (C=O) groups is 2. The molecule has 0 atom stereocenters. The quantitative estimate of drug-likeness (QED) is 0.172. The third-order valence-electron chi connectivity index (χ3n) is 8.84. The van der Waals surface area contributed by atoms with Crippen LogP contribution in [0.15, 0.2) is 94.7 Å². The van der Waals surface area contributed by atoms with E-state index in [1.807, 2.05) is 12.1 Å². The van der Waals surface area contributed by atoms with Gasteiger partial charge in [-0.3, -0.25) is 9.59 Å². The molecule has 0 radical (unpaired) electrons. The van der Waals surface area contributed by atoms with Crippen molar-refractivity contribution in [1.82, 2.24) is 0 Å². The summed E-state index contributed by atoms with van der Waals surface area (Å²) in [6.07, 6.45) is 10.9. The smallest absolute Gasteiger partial charge is 0.196 e. The molecule has 0 heterocycles. The topological polar surface area (TPSA) is 34.1 Å². The molecular formula is C37H35ClO2S. The highest BCUT2D eigenvalue weighted by atomic mass is 35.5. The Bertz CT molecular complexity index is 1560. The van der Waals surface area contributed by atoms with Gasteiger partial charge in [-0.1, -0.05) is 117 Å². The van der Waals surface area contributed by atoms with E-state index in [0.717, 1.165) is 15.7 Å². The summed E-state index contributed by atoms with van der Waals surface area (Å²) in [6, 6.07) is 28.1. The van der Waals surface area contributed by atoms with Crippen molar-refractivity contribution >= 4 is 34.9 Å². The lowest BCUT2D eigenvalue weighted by Crippen LogP contribution is -2.22. The number of unbranched alkanes of at least 4 members (excludes halogenated alkanes) is 2. The first kappa shape index (κ1) is 28.0. The molecule has 4 heteroatoms. The summed E-state index contributed by atoms with van der Waals surface area (Å²) in [5.41, 5.74) is 5.43. The summed E-state index contributed by atoms with van der Waals surface area (Å²) in [5, 5.41) is 0.318. The monoisotopic (exact) mass is 578 g/mol. The lowest BCUT2D eigenvalue weighted by molar-refractivity contribution is 0.0977. The fraction of sp³-hybridized carbons (Fsp3) is 0.297. The van der Waals surface area contributed by atoms with Gasteiger partial charge in [-0.15, -0.1) is 0 Å². The van der Waals surface area contributed by atoms with Crippen LogP contribution in [0.25, 0.3) is 11.1 Å². The van der Waals surface area contributed by atoms with E-state index in [1.165, 1.54) is 79.8 Å². The molecule has 0 bridgehead atoms. The van der Waals surface area contributed by atoms with E-state index in [4.69, 9.17) is 11.6 Å². The molecule has 0 N–H and O–H groups in total. The van der Waals surface area contributed by atoms with E-state index >= 15 is 0 Å². The van der Waals surface area contributed by atoms with Gasteiger partial charge in [0.1, 0.15) is 0 Å². The molecule has 0 aliphatic heterocycles. The van der Waals surface area contributed by atoms with Crippen molar-refractivity contribution in [3.05, 3.63) is 118 Å². The molecule has 1 fully saturated rings. The molecule has 2 nitrogen and oxygen atoms in total. The Kier molecular flexibility index (Phi) is 8.46. The predicted molar refractivity (Wildman–Crippen MR) is 170 cm³/mol. The van der Waals surface area contributed by atoms with Crippen LogP contribution in [0.1, 0.15) is 102 Å². The molecular weight excluding hydrogens is 544 g/mol. The molecule has 0 spiro atoms. The average molecular weight is 579 g/mol. The molecule has 4 aromatic rings. The number of carbonyl (C=O) groups excluding carboxylic acids is 2. The Labute approximate surface area is 252 Å². The second-order valence-electron chi connectivity index (χ2n) is 11.5. The van der Waals surface area contributed by atoms with Crippen LogP contribution >= 0.6 is 23.4 Å². The van der Waals surface area contributed by atoms with Crippen molar-refractivity contribution in [2.45, 2.75) is 74.0 Å². The van der Waals surface area contributed by atoms with E-state index in [9.17, 15) is 9.59 Å². The standard InChI is InChI=1S/C37H35ClO2S/c1-2-3-4-7-24-12-14-25(15-13-24)26-16-18-27(19-17-26)28-20-22-29(23-21-28)41-33-11-6-9-31-35(33)37(40)30-8-5-10-32(38)34(30)36(31)39/h5-6,8-11,16-25H,2-4,7,12-15H2,1H3. The Morgan fingerprint density at radius 1 is 0.707 bits per heavy atom. The van der Waals surface area contributed by atoms with Gasteiger partial charge in [-0.2, -0.15) is 0 Å². The molecule has 0 amide bonds. The maximum atomic E-state index is 13.4. The Morgan fingerprint density at radius 2 is 1.32 bits per heavy atom. The molecule has 2 aliphatic rings. The third kappa shape index (κ3) is 5.80. The number of hydrogen-bond acceptors (Lipinski definition) is 3. The largest absolute Gasteiger partial charge is 0.289 e. The third-order valence-corrected chi connectivity index (χ3v) is 10.2. The van der Waals surface area contributed by atoms with Crippen LogP contribution in [0.3, 0.4) is 0 Å². The lowest BCUT2D eigenvalue weighted by atomic mass is 9.77. The average Bonchev–Trinajstić information content (AvgIpc) is 3.01. The van der Waals surface area contributed by atoms with Crippen molar-refractivity contribution in [1.29, 1.82) is 0 Å². The summed E-state index contributed by atoms with van der Waals surface area (Å²) in [6.45, 7) is 2.29. The zero-order valence-electron chi connectivity index (χ0n) is 23.5. The van der Waals surface area contributed by atoms with E-state index < -0.39 is 0 Å². The van der Waals surface area contributed by atoms with E-state index in [-0.39, 0.29) is 11.6 Å². The first-order chi connectivity index (χ1) is 20.0. The van der Waals surface area contributed by atoms with E-state index in [1.54, 1.807) is 24.3 Å². The minimum atomic E-state index is -0.193. The first-order valence-corrected chi connectivity index (χ1v) is 16.1. The van der Waals surface area contributed by atoms with Crippen molar-refractivity contribution in [2.24, 2.45) is 5.92 Å². The van der Waals surface area contributed by atoms with Crippen LogP contribution in [-0.4, -0.2) is 11.6 Å². The molecule has 41 heavy (non-hydrogen) atoms. The number of rotatable bonds is 8. The highest BCUT2D eigenvalue weighted by molar-refractivity contribution is 7.99. The van der Waals surface area contributed by atoms with Gasteiger partial charge in [0, 0.05) is 26.5 Å². The summed E-state index contributed by atoms with van der Waals surface area (Å²) < 4.78 is 0. The van der Waals surface area contributed by atoms with Gasteiger partial charge in [-0.25, -0.2) is 0 Å². The van der Waals surface area contributed by atoms with Gasteiger partial charge < -0.3 is 0 Å². The van der Waals surface area contributed by atoms with Crippen molar-refractivity contribution < 1.29 is 9.59 Å². The first-order valence-electron chi connectivity index (χ1n) is 14.9. The number of hydrogen-bond donors (Lipinski definition) is 0. The maximum absolute atomic E-state index is 13.4. The molecule has 208 valence electrons. The maximum Gasteiger partial charge on any atom is 0.196 e. The Balaban J connectivity index is 1.14. The van der Waals surface area contributed by atoms with Crippen LogP contribution in [0.5, 0.6) is 0 Å². The highest BCUT2D eigenvalue weighted by Crippen LogP contribution is 2.40. The van der Waals surface area contributed by atoms with Crippen LogP contribution < -0.4 is 0 Å². The molecule has 0 unspecified atom stereocenters. The molecule has 2 aliphatic carbocycles. The zero-order valence-corrected chi connectivity index (χ0v) is 25.1. The normalized spacial score (nSPS) is 18.2. The summed E-state index contributed by atoms with van der Waals surface area (Å²) in [7, 11) is 0. The number of benzene rings is 4. The molecule has 4 aromatic carbocycles. The zero-order chi connectivity index (χ0) is 28.3. The van der Waals surface area contributed by atoms with Gasteiger partial charge in [-0.05, 0) is 78.5 Å². The Morgan fingerprint density at radius 3 is 2.00 bits per heavy atom. The summed E-state index contributed by atoms with van der Waals surface area (Å²) in [4.78, 5) is 28.5. The van der Waals surface area contributed by atoms with Crippen molar-refractivity contribution in [3.8, 4) is 11.1 Å². The van der Waals surface area contributed by atoms with E-state index in [2.05, 4.69) is 55.5 Å². The van der Waals surface area contributed by atoms with Crippen LogP contribution in [-0.2, 0) is 0 Å². The number of fused-ring (bicyclic) bond motifs is 2. The second kappa shape index (κ2) is 12.4. The van der Waals surface area contributed by atoms with Gasteiger partial charge in [0.05, 0.1) is 10.6 Å². The van der Waals surface area contributed by atoms with Crippen LogP contribution in [0, 0.1) is 5.92 Å². The molecule has 6 rings (SSSR count). The predicted octanol–water partition coefficient (Wildman–Crippen LogP) is 10.8. The van der Waals surface area contributed by atoms with Crippen LogP contribution in [0.4, 0.5) is 0 Å². The summed E-state index contributed by atoms with van der Waals surface area (Å²) >= 11 is 7.81. The molecule has 1 saturated carbocycles. The number of ketones is 2. The van der Waals surface area contributed by atoms with Crippen molar-refractivity contribution in [3.63, 3.8) is 0 Å². The highest BCUT2D eigenvalue weighted by Gasteiger charge is 2.33. The minimum absolute atomic E-state index is 0.151. The molecule has 0 aromatic heterocycles. The second-order valence-corrected chi connectivity index (χ2v) is 13.0. The minimum Gasteiger partial charge on any atom is -0.289 e. The SMILES string of the molecule is CCCCCC1CCC(c2ccc(-c3ccc(Sc4cccc5c4C(=O)c4cccc(Cl)c4C5=O)cc3)cc2)CC1. The number of halogens is 1. The fourth-order valence-electron chi connectivity index (χ4n) is 6.51. The van der Waals surface area contributed by atoms with Gasteiger partial charge in [0.15, 0.2) is 11.6 Å².